The van der Waals surface area contributed by atoms with E-state index in [2.05, 4.69) is 34.6 Å². The molecule has 0 atom stereocenters. The van der Waals surface area contributed by atoms with Crippen molar-refractivity contribution in [2.24, 2.45) is 0 Å². The van der Waals surface area contributed by atoms with Gasteiger partial charge in [-0.1, -0.05) is 23.8 Å². The van der Waals surface area contributed by atoms with Gasteiger partial charge in [-0.15, -0.1) is 0 Å². The largest absolute Gasteiger partial charge is 0.484 e. The molecule has 0 aliphatic heterocycles. The van der Waals surface area contributed by atoms with E-state index >= 15 is 0 Å². The van der Waals surface area contributed by atoms with Crippen LogP contribution in [0.4, 0.5) is 0 Å². The van der Waals surface area contributed by atoms with Crippen molar-refractivity contribution in [3.8, 4) is 5.75 Å². The van der Waals surface area contributed by atoms with Gasteiger partial charge in [-0.3, -0.25) is 4.79 Å². The molecule has 4 heteroatoms. The summed E-state index contributed by atoms with van der Waals surface area (Å²) in [5.74, 6) is 0.659. The van der Waals surface area contributed by atoms with Crippen LogP contribution in [0.15, 0.2) is 48.7 Å². The van der Waals surface area contributed by atoms with Gasteiger partial charge >= 0.3 is 0 Å². The molecule has 0 unspecified atom stereocenters. The number of carbonyl (C=O) groups is 1. The number of ether oxygens (including phenoxy) is 1. The topological polar surface area (TPSA) is 54.1 Å². The van der Waals surface area contributed by atoms with Crippen LogP contribution in [0.3, 0.4) is 0 Å². The zero-order valence-electron chi connectivity index (χ0n) is 14.1. The Hall–Kier alpha value is -2.75. The van der Waals surface area contributed by atoms with E-state index in [1.54, 1.807) is 0 Å². The van der Waals surface area contributed by atoms with Crippen molar-refractivity contribution in [3.63, 3.8) is 0 Å². The number of fused-ring (bicyclic) bond motifs is 1. The fourth-order valence-electron chi connectivity index (χ4n) is 2.76. The number of amides is 1. The van der Waals surface area contributed by atoms with Crippen LogP contribution < -0.4 is 10.1 Å². The lowest BCUT2D eigenvalue weighted by Crippen LogP contribution is -2.30. The smallest absolute Gasteiger partial charge is 0.257 e. The number of aromatic nitrogens is 1. The van der Waals surface area contributed by atoms with Gasteiger partial charge in [-0.05, 0) is 61.0 Å². The van der Waals surface area contributed by atoms with Crippen molar-refractivity contribution >= 4 is 16.8 Å². The van der Waals surface area contributed by atoms with E-state index in [9.17, 15) is 4.79 Å². The van der Waals surface area contributed by atoms with Crippen LogP contribution in [-0.2, 0) is 11.2 Å². The predicted molar refractivity (Wildman–Crippen MR) is 96.4 cm³/mol. The Bertz CT molecular complexity index is 852. The van der Waals surface area contributed by atoms with Crippen molar-refractivity contribution < 1.29 is 9.53 Å². The minimum atomic E-state index is -0.0994. The number of hydrogen-bond acceptors (Lipinski definition) is 2. The summed E-state index contributed by atoms with van der Waals surface area (Å²) in [6.45, 7) is 4.66. The lowest BCUT2D eigenvalue weighted by atomic mass is 10.1. The monoisotopic (exact) mass is 322 g/mol. The highest BCUT2D eigenvalue weighted by molar-refractivity contribution is 5.80. The highest BCUT2D eigenvalue weighted by Gasteiger charge is 2.05. The van der Waals surface area contributed by atoms with E-state index in [1.807, 2.05) is 38.2 Å². The lowest BCUT2D eigenvalue weighted by Gasteiger charge is -2.10. The lowest BCUT2D eigenvalue weighted by molar-refractivity contribution is -0.123. The molecule has 0 saturated carbocycles. The van der Waals surface area contributed by atoms with E-state index in [1.165, 1.54) is 16.5 Å². The van der Waals surface area contributed by atoms with Crippen molar-refractivity contribution in [2.45, 2.75) is 20.3 Å². The Morgan fingerprint density at radius 1 is 1.12 bits per heavy atom. The summed E-state index contributed by atoms with van der Waals surface area (Å²) in [5.41, 5.74) is 4.56. The van der Waals surface area contributed by atoms with Crippen molar-refractivity contribution in [1.82, 2.24) is 10.3 Å². The number of benzene rings is 2. The maximum absolute atomic E-state index is 11.9. The third-order valence-corrected chi connectivity index (χ3v) is 4.04. The molecule has 4 nitrogen and oxygen atoms in total. The van der Waals surface area contributed by atoms with Gasteiger partial charge in [0.05, 0.1) is 0 Å². The van der Waals surface area contributed by atoms with Crippen LogP contribution in [0.25, 0.3) is 10.9 Å². The minimum Gasteiger partial charge on any atom is -0.484 e. The van der Waals surface area contributed by atoms with Gasteiger partial charge in [0.15, 0.2) is 6.61 Å². The average Bonchev–Trinajstić information content (AvgIpc) is 3.02. The number of aryl methyl sites for hydroxylation is 2. The number of carbonyl (C=O) groups excluding carboxylic acids is 1. The summed E-state index contributed by atoms with van der Waals surface area (Å²) in [6, 6.07) is 14.3. The Morgan fingerprint density at radius 2 is 2.00 bits per heavy atom. The van der Waals surface area contributed by atoms with Crippen LogP contribution in [-0.4, -0.2) is 24.0 Å². The van der Waals surface area contributed by atoms with E-state index in [-0.39, 0.29) is 12.5 Å². The predicted octanol–water partition coefficient (Wildman–Crippen LogP) is 3.52. The van der Waals surface area contributed by atoms with Crippen molar-refractivity contribution in [2.75, 3.05) is 13.2 Å². The molecule has 3 aromatic rings. The molecule has 2 aromatic carbocycles. The van der Waals surface area contributed by atoms with E-state index in [0.717, 1.165) is 23.3 Å². The van der Waals surface area contributed by atoms with E-state index in [4.69, 9.17) is 4.74 Å². The zero-order valence-corrected chi connectivity index (χ0v) is 14.1. The molecular formula is C20H22N2O2. The molecule has 1 aromatic heterocycles. The molecule has 0 bridgehead atoms. The fraction of sp³-hybridized carbons (Fsp3) is 0.250. The molecule has 24 heavy (non-hydrogen) atoms. The third-order valence-electron chi connectivity index (χ3n) is 4.04. The summed E-state index contributed by atoms with van der Waals surface area (Å²) < 4.78 is 5.59. The molecule has 0 radical (unpaired) electrons. The molecule has 2 N–H and O–H groups in total. The molecular weight excluding hydrogens is 300 g/mol. The second-order valence-corrected chi connectivity index (χ2v) is 6.06. The first-order chi connectivity index (χ1) is 11.6. The Labute approximate surface area is 141 Å². The molecule has 0 aliphatic carbocycles. The van der Waals surface area contributed by atoms with Gasteiger partial charge in [0.1, 0.15) is 5.75 Å². The summed E-state index contributed by atoms with van der Waals surface area (Å²) in [5, 5.41) is 4.09. The first-order valence-corrected chi connectivity index (χ1v) is 8.14. The first kappa shape index (κ1) is 16.1. The third kappa shape index (κ3) is 3.96. The maximum atomic E-state index is 11.9. The van der Waals surface area contributed by atoms with Crippen LogP contribution in [0.5, 0.6) is 5.75 Å². The normalized spacial score (nSPS) is 10.8. The van der Waals surface area contributed by atoms with Crippen molar-refractivity contribution in [3.05, 3.63) is 65.4 Å². The van der Waals surface area contributed by atoms with Crippen LogP contribution in [0.2, 0.25) is 0 Å². The van der Waals surface area contributed by atoms with Gasteiger partial charge in [0.2, 0.25) is 0 Å². The quantitative estimate of drug-likeness (QED) is 0.729. The van der Waals surface area contributed by atoms with Crippen LogP contribution >= 0.6 is 0 Å². The van der Waals surface area contributed by atoms with Gasteiger partial charge in [0, 0.05) is 18.3 Å². The molecule has 0 aliphatic rings. The molecule has 1 amide bonds. The number of hydrogen-bond donors (Lipinski definition) is 2. The van der Waals surface area contributed by atoms with Gasteiger partial charge in [-0.25, -0.2) is 0 Å². The first-order valence-electron chi connectivity index (χ1n) is 8.14. The number of H-pyrrole nitrogens is 1. The molecule has 1 heterocycles. The molecule has 0 fully saturated rings. The average molecular weight is 322 g/mol. The molecule has 124 valence electrons. The second-order valence-electron chi connectivity index (χ2n) is 6.06. The van der Waals surface area contributed by atoms with E-state index < -0.39 is 0 Å². The highest BCUT2D eigenvalue weighted by Crippen LogP contribution is 2.18. The van der Waals surface area contributed by atoms with Gasteiger partial charge in [0.25, 0.3) is 5.91 Å². The summed E-state index contributed by atoms with van der Waals surface area (Å²) in [4.78, 5) is 15.1. The zero-order chi connectivity index (χ0) is 16.9. The second kappa shape index (κ2) is 7.21. The van der Waals surface area contributed by atoms with E-state index in [0.29, 0.717) is 6.54 Å². The van der Waals surface area contributed by atoms with Gasteiger partial charge in [-0.2, -0.15) is 0 Å². The number of nitrogens with one attached hydrogen (secondary N) is 2. The maximum Gasteiger partial charge on any atom is 0.257 e. The molecule has 0 spiro atoms. The number of aromatic amines is 1. The van der Waals surface area contributed by atoms with Crippen LogP contribution in [0, 0.1) is 13.8 Å². The van der Waals surface area contributed by atoms with Crippen LogP contribution in [0.1, 0.15) is 16.7 Å². The fourth-order valence-corrected chi connectivity index (χ4v) is 2.76. The SMILES string of the molecule is Cc1ccc(OCC(=O)NCCc2ccc3[nH]ccc3c2)c(C)c1. The Morgan fingerprint density at radius 3 is 2.83 bits per heavy atom. The summed E-state index contributed by atoms with van der Waals surface area (Å²) in [7, 11) is 0. The Balaban J connectivity index is 1.45. The highest BCUT2D eigenvalue weighted by atomic mass is 16.5. The van der Waals surface area contributed by atoms with Gasteiger partial charge < -0.3 is 15.0 Å². The molecule has 0 saturated heterocycles. The standard InChI is InChI=1S/C20H22N2O2/c1-14-3-6-19(15(2)11-14)24-13-20(23)22-9-7-16-4-5-18-17(12-16)8-10-21-18/h3-6,8,10-12,21H,7,9,13H2,1-2H3,(H,22,23). The summed E-state index contributed by atoms with van der Waals surface area (Å²) >= 11 is 0. The number of rotatable bonds is 6. The minimum absolute atomic E-state index is 0.0424. The molecule has 3 rings (SSSR count). The van der Waals surface area contributed by atoms with Crippen molar-refractivity contribution in [1.29, 1.82) is 0 Å². The Kier molecular flexibility index (Phi) is 4.85. The summed E-state index contributed by atoms with van der Waals surface area (Å²) in [6.07, 6.45) is 2.73.